The first-order chi connectivity index (χ1) is 6.60. The molecule has 0 amide bonds. The third-order valence-corrected chi connectivity index (χ3v) is 2.66. The van der Waals surface area contributed by atoms with Crippen LogP contribution in [0.5, 0.6) is 0 Å². The Labute approximate surface area is 84.6 Å². The maximum absolute atomic E-state index is 11.7. The summed E-state index contributed by atoms with van der Waals surface area (Å²) in [5.74, 6) is 0. The predicted octanol–water partition coefficient (Wildman–Crippen LogP) is 2.10. The summed E-state index contributed by atoms with van der Waals surface area (Å²) < 4.78 is 1.74. The molecule has 0 unspecified atom stereocenters. The van der Waals surface area contributed by atoms with Crippen molar-refractivity contribution < 1.29 is 0 Å². The van der Waals surface area contributed by atoms with E-state index in [1.54, 1.807) is 16.8 Å². The Balaban J connectivity index is 3.21. The van der Waals surface area contributed by atoms with Crippen molar-refractivity contribution in [1.29, 1.82) is 0 Å². The van der Waals surface area contributed by atoms with Crippen LogP contribution in [0.15, 0.2) is 17.1 Å². The topological polar surface area (TPSA) is 48.0 Å². The average molecular weight is 194 g/mol. The summed E-state index contributed by atoms with van der Waals surface area (Å²) in [5.41, 5.74) is 7.37. The van der Waals surface area contributed by atoms with Gasteiger partial charge < -0.3 is 10.3 Å². The van der Waals surface area contributed by atoms with E-state index < -0.39 is 0 Å². The molecule has 0 spiro atoms. The van der Waals surface area contributed by atoms with Gasteiger partial charge in [0, 0.05) is 18.3 Å². The molecular formula is C11H18N2O. The normalized spacial score (nSPS) is 10.9. The molecule has 2 N–H and O–H groups in total. The van der Waals surface area contributed by atoms with Crippen LogP contribution in [0.25, 0.3) is 0 Å². The van der Waals surface area contributed by atoms with E-state index in [1.807, 2.05) is 6.92 Å². The molecule has 3 nitrogen and oxygen atoms in total. The molecule has 0 bridgehead atoms. The van der Waals surface area contributed by atoms with Crippen LogP contribution < -0.4 is 11.3 Å². The van der Waals surface area contributed by atoms with Crippen molar-refractivity contribution >= 4 is 5.69 Å². The van der Waals surface area contributed by atoms with Crippen molar-refractivity contribution in [2.45, 2.75) is 39.7 Å². The van der Waals surface area contributed by atoms with Gasteiger partial charge in [-0.1, -0.05) is 13.8 Å². The minimum atomic E-state index is 0.0467. The standard InChI is InChI=1S/C11H18N2O/c1-4-9(5-2)13-7-10(12)8(3)6-11(13)14/h6-7,9H,4-5,12H2,1-3H3. The number of rotatable bonds is 3. The Bertz CT molecular complexity index is 364. The molecule has 0 aliphatic carbocycles. The molecule has 78 valence electrons. The number of nitrogens with two attached hydrogens (primary N) is 1. The molecule has 0 aromatic carbocycles. The van der Waals surface area contributed by atoms with Gasteiger partial charge in [-0.15, -0.1) is 0 Å². The number of pyridine rings is 1. The van der Waals surface area contributed by atoms with Gasteiger partial charge in [0.1, 0.15) is 0 Å². The third kappa shape index (κ3) is 1.97. The zero-order chi connectivity index (χ0) is 10.7. The van der Waals surface area contributed by atoms with Crippen molar-refractivity contribution in [3.63, 3.8) is 0 Å². The molecule has 0 aliphatic rings. The number of hydrogen-bond acceptors (Lipinski definition) is 2. The molecule has 3 heteroatoms. The summed E-state index contributed by atoms with van der Waals surface area (Å²) in [4.78, 5) is 11.7. The van der Waals surface area contributed by atoms with Gasteiger partial charge in [-0.3, -0.25) is 4.79 Å². The van der Waals surface area contributed by atoms with Gasteiger partial charge in [0.25, 0.3) is 5.56 Å². The van der Waals surface area contributed by atoms with Crippen molar-refractivity contribution in [2.75, 3.05) is 5.73 Å². The monoisotopic (exact) mass is 194 g/mol. The summed E-state index contributed by atoms with van der Waals surface area (Å²) in [5, 5.41) is 0. The van der Waals surface area contributed by atoms with Gasteiger partial charge in [-0.25, -0.2) is 0 Å². The van der Waals surface area contributed by atoms with Gasteiger partial charge >= 0.3 is 0 Å². The molecule has 1 heterocycles. The first-order valence-corrected chi connectivity index (χ1v) is 5.08. The third-order valence-electron chi connectivity index (χ3n) is 2.66. The second-order valence-corrected chi connectivity index (χ2v) is 3.63. The van der Waals surface area contributed by atoms with Crippen LogP contribution >= 0.6 is 0 Å². The zero-order valence-electron chi connectivity index (χ0n) is 9.08. The molecule has 0 aliphatic heterocycles. The van der Waals surface area contributed by atoms with E-state index in [0.717, 1.165) is 18.4 Å². The molecule has 0 fully saturated rings. The van der Waals surface area contributed by atoms with E-state index in [-0.39, 0.29) is 11.6 Å². The second-order valence-electron chi connectivity index (χ2n) is 3.63. The van der Waals surface area contributed by atoms with Gasteiger partial charge in [-0.05, 0) is 25.3 Å². The molecule has 0 atom stereocenters. The number of aryl methyl sites for hydroxylation is 1. The van der Waals surface area contributed by atoms with Crippen LogP contribution in [0.4, 0.5) is 5.69 Å². The number of anilines is 1. The molecule has 0 saturated carbocycles. The van der Waals surface area contributed by atoms with Crippen LogP contribution in [0.3, 0.4) is 0 Å². The lowest BCUT2D eigenvalue weighted by Crippen LogP contribution is -2.24. The highest BCUT2D eigenvalue weighted by atomic mass is 16.1. The van der Waals surface area contributed by atoms with Gasteiger partial charge in [0.15, 0.2) is 0 Å². The molecule has 0 radical (unpaired) electrons. The quantitative estimate of drug-likeness (QED) is 0.801. The van der Waals surface area contributed by atoms with Gasteiger partial charge in [0.05, 0.1) is 5.69 Å². The average Bonchev–Trinajstić information content (AvgIpc) is 2.15. The molecular weight excluding hydrogens is 176 g/mol. The van der Waals surface area contributed by atoms with Gasteiger partial charge in [-0.2, -0.15) is 0 Å². The zero-order valence-corrected chi connectivity index (χ0v) is 9.08. The van der Waals surface area contributed by atoms with Crippen LogP contribution in [-0.2, 0) is 0 Å². The van der Waals surface area contributed by atoms with Gasteiger partial charge in [0.2, 0.25) is 0 Å². The summed E-state index contributed by atoms with van der Waals surface area (Å²) in [6.07, 6.45) is 3.67. The smallest absolute Gasteiger partial charge is 0.251 e. The Morgan fingerprint density at radius 1 is 1.43 bits per heavy atom. The fourth-order valence-corrected chi connectivity index (χ4v) is 1.63. The first kappa shape index (κ1) is 10.8. The van der Waals surface area contributed by atoms with Crippen LogP contribution in [0.1, 0.15) is 38.3 Å². The molecule has 1 aromatic heterocycles. The van der Waals surface area contributed by atoms with Crippen LogP contribution in [0, 0.1) is 6.92 Å². The Hall–Kier alpha value is -1.25. The minimum absolute atomic E-state index is 0.0467. The maximum Gasteiger partial charge on any atom is 0.251 e. The highest BCUT2D eigenvalue weighted by Gasteiger charge is 2.08. The number of nitrogens with zero attached hydrogens (tertiary/aromatic N) is 1. The Kier molecular flexibility index (Phi) is 3.33. The Morgan fingerprint density at radius 3 is 2.50 bits per heavy atom. The summed E-state index contributed by atoms with van der Waals surface area (Å²) in [6, 6.07) is 1.87. The summed E-state index contributed by atoms with van der Waals surface area (Å²) in [6.45, 7) is 6.02. The number of aromatic nitrogens is 1. The summed E-state index contributed by atoms with van der Waals surface area (Å²) in [7, 11) is 0. The van der Waals surface area contributed by atoms with Crippen molar-refractivity contribution in [2.24, 2.45) is 0 Å². The van der Waals surface area contributed by atoms with E-state index in [4.69, 9.17) is 5.73 Å². The lowest BCUT2D eigenvalue weighted by Gasteiger charge is -2.17. The lowest BCUT2D eigenvalue weighted by atomic mass is 10.1. The van der Waals surface area contributed by atoms with Crippen LogP contribution in [-0.4, -0.2) is 4.57 Å². The number of nitrogen functional groups attached to an aromatic ring is 1. The molecule has 1 rings (SSSR count). The first-order valence-electron chi connectivity index (χ1n) is 5.08. The molecule has 1 aromatic rings. The van der Waals surface area contributed by atoms with E-state index in [1.165, 1.54) is 0 Å². The van der Waals surface area contributed by atoms with E-state index in [0.29, 0.717) is 5.69 Å². The fraction of sp³-hybridized carbons (Fsp3) is 0.545. The van der Waals surface area contributed by atoms with Crippen molar-refractivity contribution in [3.8, 4) is 0 Å². The highest BCUT2D eigenvalue weighted by molar-refractivity contribution is 5.43. The highest BCUT2D eigenvalue weighted by Crippen LogP contribution is 2.15. The predicted molar refractivity (Wildman–Crippen MR) is 59.5 cm³/mol. The summed E-state index contributed by atoms with van der Waals surface area (Å²) >= 11 is 0. The largest absolute Gasteiger partial charge is 0.397 e. The van der Waals surface area contributed by atoms with Crippen molar-refractivity contribution in [1.82, 2.24) is 4.57 Å². The maximum atomic E-state index is 11.7. The fourth-order valence-electron chi connectivity index (χ4n) is 1.63. The van der Waals surface area contributed by atoms with Crippen LogP contribution in [0.2, 0.25) is 0 Å². The number of hydrogen-bond donors (Lipinski definition) is 1. The molecule has 14 heavy (non-hydrogen) atoms. The lowest BCUT2D eigenvalue weighted by molar-refractivity contribution is 0.459. The SMILES string of the molecule is CCC(CC)n1cc(N)c(C)cc1=O. The van der Waals surface area contributed by atoms with Crippen molar-refractivity contribution in [3.05, 3.63) is 28.2 Å². The van der Waals surface area contributed by atoms with E-state index in [2.05, 4.69) is 13.8 Å². The minimum Gasteiger partial charge on any atom is -0.397 e. The van der Waals surface area contributed by atoms with E-state index in [9.17, 15) is 4.79 Å². The van der Waals surface area contributed by atoms with E-state index >= 15 is 0 Å². The second kappa shape index (κ2) is 4.31. The molecule has 0 saturated heterocycles. The Morgan fingerprint density at radius 2 is 2.00 bits per heavy atom.